The van der Waals surface area contributed by atoms with Crippen molar-refractivity contribution in [1.82, 2.24) is 4.72 Å². The first-order valence-electron chi connectivity index (χ1n) is 8.65. The average Bonchev–Trinajstić information content (AvgIpc) is 2.52. The van der Waals surface area contributed by atoms with Crippen molar-refractivity contribution in [1.29, 1.82) is 0 Å². The number of aryl methyl sites for hydroxylation is 1. The lowest BCUT2D eigenvalue weighted by Crippen LogP contribution is -2.28. The zero-order chi connectivity index (χ0) is 20.6. The summed E-state index contributed by atoms with van der Waals surface area (Å²) in [7, 11) is -7.01. The molecule has 1 atom stereocenters. The first-order chi connectivity index (χ1) is 12.2. The first-order valence-corrected chi connectivity index (χ1v) is 12.0. The summed E-state index contributed by atoms with van der Waals surface area (Å²) in [5.74, 6) is 0. The van der Waals surface area contributed by atoms with Crippen LogP contribution >= 0.6 is 0 Å². The maximum Gasteiger partial charge on any atom is 0.241 e. The number of benzene rings is 2. The van der Waals surface area contributed by atoms with E-state index >= 15 is 0 Å². The minimum atomic E-state index is -3.73. The summed E-state index contributed by atoms with van der Waals surface area (Å²) in [4.78, 5) is 0.463. The topological polar surface area (TPSA) is 80.3 Å². The summed E-state index contributed by atoms with van der Waals surface area (Å²) < 4.78 is 51.7. The molecule has 0 bridgehead atoms. The van der Waals surface area contributed by atoms with Gasteiger partial charge in [0.2, 0.25) is 10.0 Å². The first kappa shape index (κ1) is 21.6. The lowest BCUT2D eigenvalue weighted by Gasteiger charge is -2.22. The molecule has 1 N–H and O–H groups in total. The SMILES string of the molecule is Cc1ccc(C(C)(C)C)cc1S(=O)(=O)NC(C)c1ccc(S(C)(=O)=O)cc1. The highest BCUT2D eigenvalue weighted by Gasteiger charge is 2.23. The maximum atomic E-state index is 12.9. The van der Waals surface area contributed by atoms with Gasteiger partial charge in [-0.25, -0.2) is 21.6 Å². The zero-order valence-electron chi connectivity index (χ0n) is 16.6. The van der Waals surface area contributed by atoms with Crippen molar-refractivity contribution in [3.63, 3.8) is 0 Å². The van der Waals surface area contributed by atoms with Crippen LogP contribution in [0.5, 0.6) is 0 Å². The van der Waals surface area contributed by atoms with E-state index in [1.807, 2.05) is 32.9 Å². The average molecular weight is 410 g/mol. The molecule has 2 rings (SSSR count). The van der Waals surface area contributed by atoms with Crippen molar-refractivity contribution in [3.05, 3.63) is 59.2 Å². The van der Waals surface area contributed by atoms with E-state index in [-0.39, 0.29) is 15.2 Å². The van der Waals surface area contributed by atoms with Crippen LogP contribution in [0.4, 0.5) is 0 Å². The summed E-state index contributed by atoms with van der Waals surface area (Å²) in [6, 6.07) is 11.2. The number of hydrogen-bond acceptors (Lipinski definition) is 4. The highest BCUT2D eigenvalue weighted by atomic mass is 32.2. The van der Waals surface area contributed by atoms with Crippen LogP contribution < -0.4 is 4.72 Å². The number of nitrogens with one attached hydrogen (secondary N) is 1. The fourth-order valence-corrected chi connectivity index (χ4v) is 4.86. The van der Waals surface area contributed by atoms with Crippen LogP contribution in [0.2, 0.25) is 0 Å². The zero-order valence-corrected chi connectivity index (χ0v) is 18.2. The van der Waals surface area contributed by atoms with Gasteiger partial charge in [0.25, 0.3) is 0 Å². The van der Waals surface area contributed by atoms with Crippen molar-refractivity contribution >= 4 is 19.9 Å². The Kier molecular flexibility index (Phi) is 5.90. The molecule has 0 saturated heterocycles. The predicted octanol–water partition coefficient (Wildman–Crippen LogP) is 3.74. The number of rotatable bonds is 5. The molecule has 5 nitrogen and oxygen atoms in total. The van der Waals surface area contributed by atoms with Crippen LogP contribution in [-0.2, 0) is 25.3 Å². The Balaban J connectivity index is 2.33. The summed E-state index contributed by atoms with van der Waals surface area (Å²) in [5.41, 5.74) is 2.15. The molecular weight excluding hydrogens is 382 g/mol. The largest absolute Gasteiger partial charge is 0.241 e. The van der Waals surface area contributed by atoms with Gasteiger partial charge in [-0.1, -0.05) is 45.0 Å². The molecule has 0 fully saturated rings. The van der Waals surface area contributed by atoms with E-state index < -0.39 is 25.9 Å². The third-order valence-corrected chi connectivity index (χ3v) is 7.30. The van der Waals surface area contributed by atoms with E-state index in [9.17, 15) is 16.8 Å². The Morgan fingerprint density at radius 3 is 1.96 bits per heavy atom. The van der Waals surface area contributed by atoms with Crippen molar-refractivity contribution in [2.24, 2.45) is 0 Å². The molecule has 0 spiro atoms. The molecule has 0 aromatic heterocycles. The molecule has 148 valence electrons. The standard InChI is InChI=1S/C20H27NO4S2/c1-14-7-10-17(20(3,4)5)13-19(14)27(24,25)21-15(2)16-8-11-18(12-9-16)26(6,22)23/h7-13,15,21H,1-6H3. The van der Waals surface area contributed by atoms with Crippen LogP contribution in [0.25, 0.3) is 0 Å². The van der Waals surface area contributed by atoms with Gasteiger partial charge in [-0.3, -0.25) is 0 Å². The van der Waals surface area contributed by atoms with E-state index in [0.29, 0.717) is 11.1 Å². The maximum absolute atomic E-state index is 12.9. The highest BCUT2D eigenvalue weighted by Crippen LogP contribution is 2.27. The van der Waals surface area contributed by atoms with Gasteiger partial charge in [0.15, 0.2) is 9.84 Å². The van der Waals surface area contributed by atoms with Crippen LogP contribution in [0.1, 0.15) is 50.4 Å². The fourth-order valence-electron chi connectivity index (χ4n) is 2.72. The molecule has 0 aliphatic rings. The molecule has 1 unspecified atom stereocenters. The Morgan fingerprint density at radius 1 is 0.926 bits per heavy atom. The van der Waals surface area contributed by atoms with Gasteiger partial charge >= 0.3 is 0 Å². The van der Waals surface area contributed by atoms with Crippen LogP contribution in [-0.4, -0.2) is 23.1 Å². The Bertz CT molecular complexity index is 1030. The molecule has 0 radical (unpaired) electrons. The minimum absolute atomic E-state index is 0.162. The van der Waals surface area contributed by atoms with Crippen molar-refractivity contribution in [2.45, 2.75) is 55.9 Å². The van der Waals surface area contributed by atoms with Gasteiger partial charge in [0, 0.05) is 12.3 Å². The van der Waals surface area contributed by atoms with Crippen LogP contribution in [0.15, 0.2) is 52.3 Å². The smallest absolute Gasteiger partial charge is 0.224 e. The molecule has 0 saturated carbocycles. The monoisotopic (exact) mass is 409 g/mol. The van der Waals surface area contributed by atoms with Gasteiger partial charge < -0.3 is 0 Å². The molecule has 0 aliphatic carbocycles. The third-order valence-electron chi connectivity index (χ3n) is 4.48. The van der Waals surface area contributed by atoms with E-state index in [1.165, 1.54) is 12.1 Å². The predicted molar refractivity (Wildman–Crippen MR) is 108 cm³/mol. The molecule has 2 aromatic rings. The van der Waals surface area contributed by atoms with E-state index in [0.717, 1.165) is 11.8 Å². The summed E-state index contributed by atoms with van der Waals surface area (Å²) in [6.07, 6.45) is 1.14. The molecule has 0 amide bonds. The van der Waals surface area contributed by atoms with Gasteiger partial charge in [-0.05, 0) is 54.2 Å². The van der Waals surface area contributed by atoms with Crippen molar-refractivity contribution in [3.8, 4) is 0 Å². The number of sulfonamides is 1. The minimum Gasteiger partial charge on any atom is -0.224 e. The Morgan fingerprint density at radius 2 is 1.48 bits per heavy atom. The Hall–Kier alpha value is -1.70. The number of hydrogen-bond donors (Lipinski definition) is 1. The summed E-state index contributed by atoms with van der Waals surface area (Å²) >= 11 is 0. The molecular formula is C20H27NO4S2. The molecule has 7 heteroatoms. The third kappa shape index (κ3) is 5.18. The van der Waals surface area contributed by atoms with Crippen LogP contribution in [0.3, 0.4) is 0 Å². The lowest BCUT2D eigenvalue weighted by molar-refractivity contribution is 0.563. The van der Waals surface area contributed by atoms with E-state index in [1.54, 1.807) is 32.0 Å². The molecule has 0 aliphatic heterocycles. The van der Waals surface area contributed by atoms with Gasteiger partial charge in [-0.15, -0.1) is 0 Å². The van der Waals surface area contributed by atoms with E-state index in [4.69, 9.17) is 0 Å². The van der Waals surface area contributed by atoms with Crippen molar-refractivity contribution in [2.75, 3.05) is 6.26 Å². The normalized spacial score (nSPS) is 14.1. The lowest BCUT2D eigenvalue weighted by atomic mass is 9.87. The van der Waals surface area contributed by atoms with Crippen LogP contribution in [0, 0.1) is 6.92 Å². The second-order valence-electron chi connectivity index (χ2n) is 7.91. The van der Waals surface area contributed by atoms with Gasteiger partial charge in [0.1, 0.15) is 0 Å². The second kappa shape index (κ2) is 7.37. The van der Waals surface area contributed by atoms with E-state index in [2.05, 4.69) is 4.72 Å². The summed E-state index contributed by atoms with van der Waals surface area (Å²) in [6.45, 7) is 9.61. The van der Waals surface area contributed by atoms with Gasteiger partial charge in [-0.2, -0.15) is 0 Å². The Labute approximate surface area is 162 Å². The van der Waals surface area contributed by atoms with Crippen molar-refractivity contribution < 1.29 is 16.8 Å². The fraction of sp³-hybridized carbons (Fsp3) is 0.400. The highest BCUT2D eigenvalue weighted by molar-refractivity contribution is 7.90. The quantitative estimate of drug-likeness (QED) is 0.816. The molecule has 27 heavy (non-hydrogen) atoms. The molecule has 0 heterocycles. The van der Waals surface area contributed by atoms with Gasteiger partial charge in [0.05, 0.1) is 9.79 Å². The second-order valence-corrected chi connectivity index (χ2v) is 11.6. The summed E-state index contributed by atoms with van der Waals surface area (Å²) in [5, 5.41) is 0. The number of sulfone groups is 1. The molecule has 2 aromatic carbocycles.